The smallest absolute Gasteiger partial charge is 0.137 e. The van der Waals surface area contributed by atoms with Gasteiger partial charge >= 0.3 is 0 Å². The van der Waals surface area contributed by atoms with Gasteiger partial charge in [0.1, 0.15) is 11.5 Å². The third-order valence-corrected chi connectivity index (χ3v) is 15.4. The minimum atomic E-state index is -1.44. The summed E-state index contributed by atoms with van der Waals surface area (Å²) in [7, 11) is -1.44. The number of nitrogens with zero attached hydrogens (tertiary/aromatic N) is 2. The lowest BCUT2D eigenvalue weighted by molar-refractivity contribution is 0.487. The van der Waals surface area contributed by atoms with Gasteiger partial charge in [0.15, 0.2) is 0 Å². The molecule has 0 radical (unpaired) electrons. The topological polar surface area (TPSA) is 15.7 Å². The average molecular weight is 877 g/mol. The third-order valence-electron chi connectivity index (χ3n) is 13.4. The lowest BCUT2D eigenvalue weighted by Crippen LogP contribution is -2.37. The van der Waals surface area contributed by atoms with Crippen LogP contribution in [-0.2, 0) is 0 Å². The molecule has 12 rings (SSSR count). The Kier molecular flexibility index (Phi) is 9.85. The number of para-hydroxylation sites is 3. The molecule has 0 aromatic heterocycles. The van der Waals surface area contributed by atoms with Crippen LogP contribution in [0.1, 0.15) is 0 Å². The molecule has 11 aromatic rings. The van der Waals surface area contributed by atoms with E-state index in [2.05, 4.69) is 266 Å². The van der Waals surface area contributed by atoms with Crippen LogP contribution in [0.4, 0.5) is 34.1 Å². The van der Waals surface area contributed by atoms with Gasteiger partial charge in [0.2, 0.25) is 0 Å². The highest BCUT2D eigenvalue weighted by molar-refractivity contribution is 6.88. The highest BCUT2D eigenvalue weighted by Crippen LogP contribution is 2.52. The number of hydrogen-bond donors (Lipinski definition) is 0. The van der Waals surface area contributed by atoms with Crippen LogP contribution in [0.15, 0.2) is 237 Å². The largest absolute Gasteiger partial charge is 0.456 e. The Labute approximate surface area is 393 Å². The van der Waals surface area contributed by atoms with Gasteiger partial charge in [-0.1, -0.05) is 170 Å². The number of benzene rings is 11. The summed E-state index contributed by atoms with van der Waals surface area (Å²) in [6, 6.07) is 85.8. The van der Waals surface area contributed by atoms with Crippen LogP contribution in [0.3, 0.4) is 0 Å². The Bertz CT molecular complexity index is 3620. The van der Waals surface area contributed by atoms with Crippen molar-refractivity contribution in [3.8, 4) is 44.9 Å². The van der Waals surface area contributed by atoms with E-state index >= 15 is 0 Å². The lowest BCUT2D eigenvalue weighted by Gasteiger charge is -2.30. The van der Waals surface area contributed by atoms with Gasteiger partial charge < -0.3 is 14.5 Å². The molecule has 1 aliphatic rings. The number of anilines is 6. The van der Waals surface area contributed by atoms with Crippen molar-refractivity contribution in [2.75, 3.05) is 9.80 Å². The van der Waals surface area contributed by atoms with E-state index in [4.69, 9.17) is 4.74 Å². The van der Waals surface area contributed by atoms with Crippen molar-refractivity contribution in [3.05, 3.63) is 237 Å². The zero-order chi connectivity index (χ0) is 45.1. The molecule has 1 aliphatic heterocycles. The molecule has 11 aromatic carbocycles. The maximum atomic E-state index is 6.98. The van der Waals surface area contributed by atoms with Crippen molar-refractivity contribution in [1.29, 1.82) is 0 Å². The summed E-state index contributed by atoms with van der Waals surface area (Å²) in [5.41, 5.74) is 13.6. The van der Waals surface area contributed by atoms with E-state index < -0.39 is 8.07 Å². The average Bonchev–Trinajstić information content (AvgIpc) is 3.37. The van der Waals surface area contributed by atoms with Gasteiger partial charge in [0.05, 0.1) is 13.8 Å². The predicted octanol–water partition coefficient (Wildman–Crippen LogP) is 17.7. The monoisotopic (exact) mass is 876 g/mol. The molecule has 320 valence electrons. The number of fused-ring (bicyclic) bond motifs is 6. The maximum Gasteiger partial charge on any atom is 0.137 e. The van der Waals surface area contributed by atoms with E-state index in [1.807, 2.05) is 0 Å². The molecule has 0 saturated heterocycles. The molecule has 1 heterocycles. The molecule has 0 unspecified atom stereocenters. The van der Waals surface area contributed by atoms with Gasteiger partial charge in [-0.3, -0.25) is 0 Å². The Balaban J connectivity index is 0.975. The summed E-state index contributed by atoms with van der Waals surface area (Å²) in [4.78, 5) is 4.70. The van der Waals surface area contributed by atoms with Crippen LogP contribution in [-0.4, -0.2) is 8.07 Å². The van der Waals surface area contributed by atoms with Gasteiger partial charge in [0.25, 0.3) is 0 Å². The molecule has 3 nitrogen and oxygen atoms in total. The summed E-state index contributed by atoms with van der Waals surface area (Å²) in [6.45, 7) is 7.20. The molecule has 0 fully saturated rings. The fraction of sp³-hybridized carbons (Fsp3) is 0.0476. The van der Waals surface area contributed by atoms with E-state index in [9.17, 15) is 0 Å². The first-order valence-electron chi connectivity index (χ1n) is 23.2. The van der Waals surface area contributed by atoms with Gasteiger partial charge in [-0.25, -0.2) is 0 Å². The van der Waals surface area contributed by atoms with E-state index in [0.717, 1.165) is 62.1 Å². The molecular weight excluding hydrogens is 829 g/mol. The maximum absolute atomic E-state index is 6.98. The Morgan fingerprint density at radius 1 is 0.313 bits per heavy atom. The van der Waals surface area contributed by atoms with Gasteiger partial charge in [-0.2, -0.15) is 0 Å². The SMILES string of the molecule is C[Si](C)(C)c1ccc(N(c2ccccc2)c2ccc(-c3cc4c5cccc6c5c(cc4c4ccccc34)-c3ccc(N(c4ccccc4)c4ccccc4-c4ccccc4)cc3O6)cc2)cc1. The number of ether oxygens (including phenoxy) is 1. The highest BCUT2D eigenvalue weighted by Gasteiger charge is 2.26. The van der Waals surface area contributed by atoms with Gasteiger partial charge in [-0.15, -0.1) is 0 Å². The van der Waals surface area contributed by atoms with E-state index in [-0.39, 0.29) is 0 Å². The number of hydrogen-bond acceptors (Lipinski definition) is 3. The Morgan fingerprint density at radius 3 is 1.54 bits per heavy atom. The van der Waals surface area contributed by atoms with Crippen molar-refractivity contribution >= 4 is 79.7 Å². The molecule has 67 heavy (non-hydrogen) atoms. The summed E-state index contributed by atoms with van der Waals surface area (Å²) >= 11 is 0. The summed E-state index contributed by atoms with van der Waals surface area (Å²) < 4.78 is 6.98. The van der Waals surface area contributed by atoms with Crippen LogP contribution in [0.25, 0.3) is 65.7 Å². The third kappa shape index (κ3) is 7.14. The van der Waals surface area contributed by atoms with Crippen LogP contribution in [0.2, 0.25) is 19.6 Å². The first kappa shape index (κ1) is 40.3. The molecular formula is C63H48N2OSi. The summed E-state index contributed by atoms with van der Waals surface area (Å²) in [6.07, 6.45) is 0. The molecule has 0 N–H and O–H groups in total. The van der Waals surface area contributed by atoms with Gasteiger partial charge in [-0.05, 0) is 134 Å². The zero-order valence-electron chi connectivity index (χ0n) is 37.8. The minimum absolute atomic E-state index is 0.840. The van der Waals surface area contributed by atoms with Crippen molar-refractivity contribution in [3.63, 3.8) is 0 Å². The predicted molar refractivity (Wildman–Crippen MR) is 288 cm³/mol. The molecule has 0 amide bonds. The van der Waals surface area contributed by atoms with Crippen molar-refractivity contribution in [2.24, 2.45) is 0 Å². The van der Waals surface area contributed by atoms with E-state index in [1.54, 1.807) is 0 Å². The standard InChI is InChI=1S/C63H48N2OSi/c1-67(2,3)50-37-34-48(35-38-50)64(45-20-9-5-10-21-45)47-32-30-44(31-33-47)56-41-58-55-27-17-29-61-63(55)59(42-57(58)53-26-14-13-25-52(53)56)54-39-36-49(40-62(54)66-61)65(46-22-11-6-12-23-46)60-28-16-15-24-51(60)43-18-7-4-8-19-43/h4-42H,1-3H3. The van der Waals surface area contributed by atoms with Gasteiger partial charge in [0, 0.05) is 51.0 Å². The quantitative estimate of drug-likeness (QED) is 0.106. The van der Waals surface area contributed by atoms with Crippen LogP contribution in [0.5, 0.6) is 11.5 Å². The number of rotatable bonds is 9. The first-order chi connectivity index (χ1) is 32.9. The van der Waals surface area contributed by atoms with Crippen LogP contribution >= 0.6 is 0 Å². The van der Waals surface area contributed by atoms with Crippen molar-refractivity contribution < 1.29 is 4.74 Å². The van der Waals surface area contributed by atoms with Crippen molar-refractivity contribution in [1.82, 2.24) is 0 Å². The van der Waals surface area contributed by atoms with Crippen LogP contribution in [0, 0.1) is 0 Å². The fourth-order valence-corrected chi connectivity index (χ4v) is 11.3. The molecule has 0 spiro atoms. The Morgan fingerprint density at radius 2 is 0.836 bits per heavy atom. The summed E-state index contributed by atoms with van der Waals surface area (Å²) in [5, 5.41) is 8.68. The molecule has 0 bridgehead atoms. The lowest BCUT2D eigenvalue weighted by atomic mass is 9.86. The molecule has 0 saturated carbocycles. The second kappa shape index (κ2) is 16.4. The normalized spacial score (nSPS) is 11.9. The van der Waals surface area contributed by atoms with Crippen LogP contribution < -0.4 is 19.7 Å². The second-order valence-corrected chi connectivity index (χ2v) is 23.6. The Hall–Kier alpha value is -8.18. The second-order valence-electron chi connectivity index (χ2n) is 18.5. The van der Waals surface area contributed by atoms with E-state index in [0.29, 0.717) is 0 Å². The van der Waals surface area contributed by atoms with E-state index in [1.165, 1.54) is 54.4 Å². The van der Waals surface area contributed by atoms with Crippen molar-refractivity contribution in [2.45, 2.75) is 19.6 Å². The first-order valence-corrected chi connectivity index (χ1v) is 26.7. The zero-order valence-corrected chi connectivity index (χ0v) is 38.8. The molecule has 0 aliphatic carbocycles. The molecule has 0 atom stereocenters. The molecule has 4 heteroatoms. The summed E-state index contributed by atoms with van der Waals surface area (Å²) in [5.74, 6) is 1.71. The fourth-order valence-electron chi connectivity index (χ4n) is 10.1. The highest BCUT2D eigenvalue weighted by atomic mass is 28.3. The minimum Gasteiger partial charge on any atom is -0.456 e.